The number of hydrogen-bond donors (Lipinski definition) is 0. The summed E-state index contributed by atoms with van der Waals surface area (Å²) >= 11 is 5.84. The first-order valence-corrected chi connectivity index (χ1v) is 6.62. The maximum atomic E-state index is 11.9. The van der Waals surface area contributed by atoms with E-state index in [1.165, 1.54) is 11.0 Å². The molecule has 102 valence electrons. The van der Waals surface area contributed by atoms with Gasteiger partial charge in [-0.05, 0) is 24.1 Å². The average Bonchev–Trinajstić information content (AvgIpc) is 2.59. The number of benzene rings is 1. The van der Waals surface area contributed by atoms with Crippen LogP contribution in [0.25, 0.3) is 0 Å². The number of nitrogens with zero attached hydrogens (tertiary/aromatic N) is 1. The van der Waals surface area contributed by atoms with Gasteiger partial charge in [0.25, 0.3) is 11.7 Å². The summed E-state index contributed by atoms with van der Waals surface area (Å²) in [4.78, 5) is 25.1. The maximum absolute atomic E-state index is 11.9. The Labute approximate surface area is 117 Å². The summed E-state index contributed by atoms with van der Waals surface area (Å²) in [5, 5.41) is 0.456. The number of ketones is 1. The second-order valence-corrected chi connectivity index (χ2v) is 5.35. The molecule has 0 N–H and O–H groups in total. The maximum Gasteiger partial charge on any atom is 0.299 e. The van der Waals surface area contributed by atoms with Crippen LogP contribution in [0.2, 0.25) is 5.02 Å². The van der Waals surface area contributed by atoms with Crippen LogP contribution in [0, 0.1) is 5.92 Å². The number of ether oxygens (including phenoxy) is 1. The highest BCUT2D eigenvalue weighted by Crippen LogP contribution is 2.30. The number of hydrogen-bond acceptors (Lipinski definition) is 3. The van der Waals surface area contributed by atoms with Crippen molar-refractivity contribution in [2.75, 3.05) is 24.7 Å². The van der Waals surface area contributed by atoms with E-state index in [9.17, 15) is 9.59 Å². The van der Waals surface area contributed by atoms with Gasteiger partial charge in [-0.3, -0.25) is 9.59 Å². The number of amides is 1. The van der Waals surface area contributed by atoms with Crippen LogP contribution in [0.3, 0.4) is 0 Å². The molecule has 4 nitrogen and oxygen atoms in total. The van der Waals surface area contributed by atoms with E-state index in [0.29, 0.717) is 41.9 Å². The van der Waals surface area contributed by atoms with Crippen molar-refractivity contribution < 1.29 is 14.3 Å². The van der Waals surface area contributed by atoms with E-state index >= 15 is 0 Å². The summed E-state index contributed by atoms with van der Waals surface area (Å²) in [6, 6.07) is 4.91. The van der Waals surface area contributed by atoms with Crippen LogP contribution in [0.5, 0.6) is 0 Å². The molecule has 0 bridgehead atoms. The van der Waals surface area contributed by atoms with Crippen LogP contribution in [0.1, 0.15) is 24.2 Å². The zero-order chi connectivity index (χ0) is 14.0. The van der Waals surface area contributed by atoms with Crippen LogP contribution in [-0.4, -0.2) is 31.4 Å². The van der Waals surface area contributed by atoms with Gasteiger partial charge >= 0.3 is 0 Å². The van der Waals surface area contributed by atoms with Crippen molar-refractivity contribution in [3.8, 4) is 0 Å². The predicted molar refractivity (Wildman–Crippen MR) is 73.8 cm³/mol. The van der Waals surface area contributed by atoms with Crippen LogP contribution in [0.4, 0.5) is 5.69 Å². The fraction of sp³-hybridized carbons (Fsp3) is 0.429. The first kappa shape index (κ1) is 14.0. The summed E-state index contributed by atoms with van der Waals surface area (Å²) in [6.45, 7) is 5.55. The lowest BCUT2D eigenvalue weighted by atomic mass is 10.1. The van der Waals surface area contributed by atoms with Gasteiger partial charge in [0.2, 0.25) is 0 Å². The minimum Gasteiger partial charge on any atom is -0.379 e. The monoisotopic (exact) mass is 281 g/mol. The summed E-state index contributed by atoms with van der Waals surface area (Å²) in [7, 11) is 0. The Morgan fingerprint density at radius 1 is 1.32 bits per heavy atom. The smallest absolute Gasteiger partial charge is 0.299 e. The molecule has 0 aliphatic carbocycles. The number of fused-ring (bicyclic) bond motifs is 1. The van der Waals surface area contributed by atoms with E-state index in [4.69, 9.17) is 16.3 Å². The summed E-state index contributed by atoms with van der Waals surface area (Å²) < 4.78 is 5.45. The van der Waals surface area contributed by atoms with Crippen molar-refractivity contribution in [2.24, 2.45) is 5.92 Å². The zero-order valence-electron chi connectivity index (χ0n) is 11.0. The van der Waals surface area contributed by atoms with Crippen molar-refractivity contribution in [2.45, 2.75) is 13.8 Å². The number of anilines is 1. The molecule has 1 amide bonds. The van der Waals surface area contributed by atoms with Crippen molar-refractivity contribution in [3.05, 3.63) is 28.8 Å². The number of rotatable bonds is 5. The van der Waals surface area contributed by atoms with Crippen LogP contribution in [0.15, 0.2) is 18.2 Å². The number of carbonyl (C=O) groups excluding carboxylic acids is 2. The van der Waals surface area contributed by atoms with Gasteiger partial charge in [-0.25, -0.2) is 0 Å². The number of halogens is 1. The number of carbonyl (C=O) groups is 2. The topological polar surface area (TPSA) is 46.6 Å². The summed E-state index contributed by atoms with van der Waals surface area (Å²) in [5.41, 5.74) is 0.994. The molecule has 5 heteroatoms. The Morgan fingerprint density at radius 2 is 2.05 bits per heavy atom. The second-order valence-electron chi connectivity index (χ2n) is 4.92. The fourth-order valence-electron chi connectivity index (χ4n) is 1.97. The van der Waals surface area contributed by atoms with Gasteiger partial charge in [0.15, 0.2) is 0 Å². The summed E-state index contributed by atoms with van der Waals surface area (Å²) in [5.74, 6) is -0.561. The molecular weight excluding hydrogens is 266 g/mol. The molecule has 1 aromatic rings. The third-order valence-electron chi connectivity index (χ3n) is 2.84. The van der Waals surface area contributed by atoms with Gasteiger partial charge in [-0.2, -0.15) is 0 Å². The van der Waals surface area contributed by atoms with E-state index in [2.05, 4.69) is 13.8 Å². The van der Waals surface area contributed by atoms with E-state index in [1.807, 2.05) is 0 Å². The van der Waals surface area contributed by atoms with Gasteiger partial charge in [0.05, 0.1) is 17.9 Å². The second kappa shape index (κ2) is 5.72. The minimum absolute atomic E-state index is 0.376. The molecule has 0 aromatic heterocycles. The Bertz CT molecular complexity index is 513. The zero-order valence-corrected chi connectivity index (χ0v) is 11.7. The Morgan fingerprint density at radius 3 is 2.74 bits per heavy atom. The lowest BCUT2D eigenvalue weighted by molar-refractivity contribution is -0.114. The number of Topliss-reactive ketones (excluding diaryl/α,β-unsaturated/α-hetero) is 1. The van der Waals surface area contributed by atoms with E-state index in [1.54, 1.807) is 12.1 Å². The highest BCUT2D eigenvalue weighted by molar-refractivity contribution is 6.52. The predicted octanol–water partition coefficient (Wildman–Crippen LogP) is 2.54. The van der Waals surface area contributed by atoms with Crippen LogP contribution < -0.4 is 4.90 Å². The highest BCUT2D eigenvalue weighted by Gasteiger charge is 2.35. The lowest BCUT2D eigenvalue weighted by Gasteiger charge is -2.16. The third-order valence-corrected chi connectivity index (χ3v) is 3.08. The molecule has 19 heavy (non-hydrogen) atoms. The third kappa shape index (κ3) is 2.96. The molecular formula is C14H16ClNO3. The Hall–Kier alpha value is -1.39. The fourth-order valence-corrected chi connectivity index (χ4v) is 2.14. The van der Waals surface area contributed by atoms with Crippen molar-refractivity contribution in [1.82, 2.24) is 0 Å². The molecule has 0 saturated heterocycles. The first-order chi connectivity index (χ1) is 9.00. The van der Waals surface area contributed by atoms with Gasteiger partial charge in [-0.1, -0.05) is 25.4 Å². The Balaban J connectivity index is 2.07. The van der Waals surface area contributed by atoms with Gasteiger partial charge in [0, 0.05) is 18.2 Å². The first-order valence-electron chi connectivity index (χ1n) is 6.24. The molecule has 1 heterocycles. The van der Waals surface area contributed by atoms with Gasteiger partial charge in [0.1, 0.15) is 0 Å². The molecule has 0 spiro atoms. The largest absolute Gasteiger partial charge is 0.379 e. The van der Waals surface area contributed by atoms with Gasteiger partial charge in [-0.15, -0.1) is 0 Å². The molecule has 2 rings (SSSR count). The minimum atomic E-state index is -0.509. The quantitative estimate of drug-likeness (QED) is 0.615. The molecule has 0 atom stereocenters. The SMILES string of the molecule is CC(C)COCCN1C(=O)C(=O)c2cc(Cl)ccc21. The van der Waals surface area contributed by atoms with Crippen molar-refractivity contribution >= 4 is 29.0 Å². The molecule has 0 saturated carbocycles. The molecule has 0 fully saturated rings. The molecule has 0 unspecified atom stereocenters. The molecule has 0 radical (unpaired) electrons. The van der Waals surface area contributed by atoms with Crippen LogP contribution >= 0.6 is 11.6 Å². The van der Waals surface area contributed by atoms with E-state index < -0.39 is 11.7 Å². The Kier molecular flexibility index (Phi) is 4.22. The standard InChI is InChI=1S/C14H16ClNO3/c1-9(2)8-19-6-5-16-12-4-3-10(15)7-11(12)13(17)14(16)18/h3-4,7,9H,5-6,8H2,1-2H3. The van der Waals surface area contributed by atoms with Gasteiger partial charge < -0.3 is 9.64 Å². The van der Waals surface area contributed by atoms with Crippen LogP contribution in [-0.2, 0) is 9.53 Å². The lowest BCUT2D eigenvalue weighted by Crippen LogP contribution is -2.33. The van der Waals surface area contributed by atoms with Crippen molar-refractivity contribution in [3.63, 3.8) is 0 Å². The van der Waals surface area contributed by atoms with E-state index in [-0.39, 0.29) is 0 Å². The highest BCUT2D eigenvalue weighted by atomic mass is 35.5. The average molecular weight is 282 g/mol. The molecule has 1 aliphatic heterocycles. The van der Waals surface area contributed by atoms with E-state index in [0.717, 1.165) is 0 Å². The summed E-state index contributed by atoms with van der Waals surface area (Å²) in [6.07, 6.45) is 0. The van der Waals surface area contributed by atoms with Crippen molar-refractivity contribution in [1.29, 1.82) is 0 Å². The normalized spacial score (nSPS) is 14.4. The molecule has 1 aliphatic rings. The molecule has 1 aromatic carbocycles.